The molecule has 0 aromatic carbocycles. The highest BCUT2D eigenvalue weighted by molar-refractivity contribution is 9.11. The predicted molar refractivity (Wildman–Crippen MR) is 68.4 cm³/mol. The maximum atomic E-state index is 10.5. The Bertz CT molecular complexity index is 549. The summed E-state index contributed by atoms with van der Waals surface area (Å²) in [5.41, 5.74) is 5.93. The van der Waals surface area contributed by atoms with Crippen molar-refractivity contribution in [1.29, 1.82) is 0 Å². The van der Waals surface area contributed by atoms with Gasteiger partial charge in [0.2, 0.25) is 0 Å². The van der Waals surface area contributed by atoms with Gasteiger partial charge in [0.25, 0.3) is 0 Å². The van der Waals surface area contributed by atoms with E-state index in [4.69, 9.17) is 21.8 Å². The van der Waals surface area contributed by atoms with Crippen LogP contribution in [0.3, 0.4) is 0 Å². The standard InChI is InChI=1S/C9H6BrClN2O3S/c10-9-4(11)3-6(17-9)8(12)5-1-2-7(16-5)13(14)15/h1-3,8H,12H2. The van der Waals surface area contributed by atoms with Crippen molar-refractivity contribution in [2.24, 2.45) is 5.73 Å². The monoisotopic (exact) mass is 336 g/mol. The van der Waals surface area contributed by atoms with Crippen LogP contribution in [-0.4, -0.2) is 4.92 Å². The highest BCUT2D eigenvalue weighted by Crippen LogP contribution is 2.37. The fourth-order valence-electron chi connectivity index (χ4n) is 1.26. The van der Waals surface area contributed by atoms with Crippen LogP contribution in [-0.2, 0) is 0 Å². The summed E-state index contributed by atoms with van der Waals surface area (Å²) in [4.78, 5) is 10.6. The Labute approximate surface area is 113 Å². The topological polar surface area (TPSA) is 82.3 Å². The highest BCUT2D eigenvalue weighted by Gasteiger charge is 2.20. The van der Waals surface area contributed by atoms with E-state index in [0.29, 0.717) is 10.8 Å². The minimum Gasteiger partial charge on any atom is -0.404 e. The average Bonchev–Trinajstić information content (AvgIpc) is 2.86. The molecule has 1 unspecified atom stereocenters. The highest BCUT2D eigenvalue weighted by atomic mass is 79.9. The van der Waals surface area contributed by atoms with Crippen molar-refractivity contribution < 1.29 is 9.34 Å². The largest absolute Gasteiger partial charge is 0.433 e. The van der Waals surface area contributed by atoms with Gasteiger partial charge >= 0.3 is 5.88 Å². The van der Waals surface area contributed by atoms with Crippen LogP contribution in [0.15, 0.2) is 26.4 Å². The lowest BCUT2D eigenvalue weighted by Gasteiger charge is -2.04. The first kappa shape index (κ1) is 12.6. The minimum absolute atomic E-state index is 0.322. The van der Waals surface area contributed by atoms with Crippen molar-refractivity contribution in [3.63, 3.8) is 0 Å². The zero-order valence-electron chi connectivity index (χ0n) is 8.22. The summed E-state index contributed by atoms with van der Waals surface area (Å²) < 4.78 is 5.80. The molecule has 0 aliphatic carbocycles. The van der Waals surface area contributed by atoms with Gasteiger partial charge in [0.15, 0.2) is 0 Å². The van der Waals surface area contributed by atoms with E-state index in [1.807, 2.05) is 0 Å². The number of halogens is 2. The summed E-state index contributed by atoms with van der Waals surface area (Å²) in [5.74, 6) is 0.0132. The molecular weight excluding hydrogens is 332 g/mol. The molecule has 5 nitrogen and oxygen atoms in total. The first-order valence-corrected chi connectivity index (χ1v) is 6.42. The smallest absolute Gasteiger partial charge is 0.404 e. The van der Waals surface area contributed by atoms with Crippen molar-refractivity contribution in [3.8, 4) is 0 Å². The van der Waals surface area contributed by atoms with Gasteiger partial charge in [-0.3, -0.25) is 10.1 Å². The first-order chi connectivity index (χ1) is 7.99. The number of nitrogens with two attached hydrogens (primary N) is 1. The van der Waals surface area contributed by atoms with E-state index in [9.17, 15) is 10.1 Å². The van der Waals surface area contributed by atoms with E-state index in [0.717, 1.165) is 8.66 Å². The number of nitro groups is 1. The number of hydrogen-bond acceptors (Lipinski definition) is 5. The molecule has 90 valence electrons. The molecule has 0 spiro atoms. The molecule has 0 saturated heterocycles. The number of nitrogens with zero attached hydrogens (tertiary/aromatic N) is 1. The lowest BCUT2D eigenvalue weighted by atomic mass is 10.2. The van der Waals surface area contributed by atoms with Crippen LogP contribution in [0.25, 0.3) is 0 Å². The third-order valence-corrected chi connectivity index (χ3v) is 4.63. The molecule has 2 aromatic rings. The number of thiophene rings is 1. The average molecular weight is 338 g/mol. The van der Waals surface area contributed by atoms with Crippen LogP contribution in [0.2, 0.25) is 5.02 Å². The second-order valence-electron chi connectivity index (χ2n) is 3.18. The summed E-state index contributed by atoms with van der Waals surface area (Å²) in [6.07, 6.45) is 0. The number of furan rings is 1. The molecule has 17 heavy (non-hydrogen) atoms. The minimum atomic E-state index is -0.604. The molecule has 1 atom stereocenters. The van der Waals surface area contributed by atoms with Gasteiger partial charge in [-0.1, -0.05) is 11.6 Å². The molecule has 2 rings (SSSR count). The summed E-state index contributed by atoms with van der Waals surface area (Å²) in [6, 6.07) is 3.91. The van der Waals surface area contributed by atoms with Gasteiger partial charge < -0.3 is 10.2 Å². The molecule has 8 heteroatoms. The van der Waals surface area contributed by atoms with Gasteiger partial charge in [0.1, 0.15) is 10.7 Å². The molecule has 2 aromatic heterocycles. The van der Waals surface area contributed by atoms with Crippen molar-refractivity contribution >= 4 is 44.8 Å². The van der Waals surface area contributed by atoms with Crippen molar-refractivity contribution in [2.45, 2.75) is 6.04 Å². The lowest BCUT2D eigenvalue weighted by molar-refractivity contribution is -0.402. The Morgan fingerprint density at radius 1 is 1.59 bits per heavy atom. The molecular formula is C9H6BrClN2O3S. The second-order valence-corrected chi connectivity index (χ2v) is 5.99. The molecule has 0 aliphatic rings. The molecule has 0 radical (unpaired) electrons. The molecule has 0 fully saturated rings. The van der Waals surface area contributed by atoms with Gasteiger partial charge in [0.05, 0.1) is 20.9 Å². The van der Waals surface area contributed by atoms with Crippen molar-refractivity contribution in [1.82, 2.24) is 0 Å². The first-order valence-electron chi connectivity index (χ1n) is 4.43. The Morgan fingerprint density at radius 2 is 2.29 bits per heavy atom. The third kappa shape index (κ3) is 2.52. The lowest BCUT2D eigenvalue weighted by Crippen LogP contribution is -2.08. The molecule has 0 aliphatic heterocycles. The van der Waals surface area contributed by atoms with E-state index in [1.54, 1.807) is 6.07 Å². The van der Waals surface area contributed by atoms with Crippen molar-refractivity contribution in [2.75, 3.05) is 0 Å². The van der Waals surface area contributed by atoms with E-state index in [1.165, 1.54) is 23.5 Å². The molecule has 2 heterocycles. The maximum Gasteiger partial charge on any atom is 0.433 e. The maximum absolute atomic E-state index is 10.5. The number of hydrogen-bond donors (Lipinski definition) is 1. The Morgan fingerprint density at radius 3 is 2.76 bits per heavy atom. The summed E-state index contributed by atoms with van der Waals surface area (Å²) in [6.45, 7) is 0. The van der Waals surface area contributed by atoms with Crippen LogP contribution in [0.4, 0.5) is 5.88 Å². The van der Waals surface area contributed by atoms with Gasteiger partial charge in [-0.15, -0.1) is 11.3 Å². The molecule has 0 amide bonds. The quantitative estimate of drug-likeness (QED) is 0.683. The normalized spacial score (nSPS) is 12.6. The van der Waals surface area contributed by atoms with Crippen LogP contribution in [0.1, 0.15) is 16.7 Å². The van der Waals surface area contributed by atoms with Crippen molar-refractivity contribution in [3.05, 3.63) is 47.8 Å². The second kappa shape index (κ2) is 4.77. The zero-order valence-corrected chi connectivity index (χ0v) is 11.4. The number of rotatable bonds is 3. The van der Waals surface area contributed by atoms with E-state index >= 15 is 0 Å². The van der Waals surface area contributed by atoms with Gasteiger partial charge in [-0.05, 0) is 28.1 Å². The molecule has 0 saturated carbocycles. The molecule has 2 N–H and O–H groups in total. The SMILES string of the molecule is NC(c1ccc([N+](=O)[O-])o1)c1cc(Cl)c(Br)s1. The molecule has 0 bridgehead atoms. The predicted octanol–water partition coefficient (Wildman–Crippen LogP) is 3.71. The van der Waals surface area contributed by atoms with Crippen LogP contribution >= 0.6 is 38.9 Å². The van der Waals surface area contributed by atoms with Gasteiger partial charge in [0, 0.05) is 4.88 Å². The zero-order chi connectivity index (χ0) is 12.6. The van der Waals surface area contributed by atoms with E-state index in [-0.39, 0.29) is 5.88 Å². The Kier molecular flexibility index (Phi) is 3.53. The van der Waals surface area contributed by atoms with E-state index in [2.05, 4.69) is 15.9 Å². The van der Waals surface area contributed by atoms with E-state index < -0.39 is 11.0 Å². The Balaban J connectivity index is 2.30. The summed E-state index contributed by atoms with van der Waals surface area (Å²) >= 11 is 10.5. The Hall–Kier alpha value is -0.890. The summed E-state index contributed by atoms with van der Waals surface area (Å²) in [7, 11) is 0. The van der Waals surface area contributed by atoms with Crippen LogP contribution < -0.4 is 5.73 Å². The van der Waals surface area contributed by atoms with Crippen LogP contribution in [0.5, 0.6) is 0 Å². The fraction of sp³-hybridized carbons (Fsp3) is 0.111. The van der Waals surface area contributed by atoms with Gasteiger partial charge in [-0.25, -0.2) is 0 Å². The third-order valence-electron chi connectivity index (χ3n) is 2.07. The van der Waals surface area contributed by atoms with Gasteiger partial charge in [-0.2, -0.15) is 0 Å². The van der Waals surface area contributed by atoms with Crippen LogP contribution in [0, 0.1) is 10.1 Å². The fourth-order valence-corrected chi connectivity index (χ4v) is 3.02. The summed E-state index contributed by atoms with van der Waals surface area (Å²) in [5, 5.41) is 11.0.